The summed E-state index contributed by atoms with van der Waals surface area (Å²) in [5, 5.41) is 0. The first-order valence-electron chi connectivity index (χ1n) is 6.74. The highest BCUT2D eigenvalue weighted by Crippen LogP contribution is 2.38. The Kier molecular flexibility index (Phi) is 0.346. The third kappa shape index (κ3) is 0.967. The van der Waals surface area contributed by atoms with Crippen LogP contribution in [0, 0.1) is 0 Å². The van der Waals surface area contributed by atoms with Crippen LogP contribution in [0.25, 0.3) is 0 Å². The molecule has 2 heteroatoms. The minimum atomic E-state index is -2.51. The molecule has 0 atom stereocenters. The molecule has 0 unspecified atom stereocenters. The van der Waals surface area contributed by atoms with E-state index in [2.05, 4.69) is 4.98 Å². The third-order valence-corrected chi connectivity index (χ3v) is 1.09. The summed E-state index contributed by atoms with van der Waals surface area (Å²) in [6, 6.07) is -1.69. The number of rotatable bonds is 1. The van der Waals surface area contributed by atoms with Gasteiger partial charge in [0.05, 0.1) is 4.11 Å². The molecule has 0 amide bonds. The number of hydrogen-bond donors (Lipinski definition) is 1. The van der Waals surface area contributed by atoms with Crippen LogP contribution < -0.4 is 5.73 Å². The molecule has 1 fully saturated rings. The average Bonchev–Trinajstić information content (AvgIpc) is 2.59. The second-order valence-electron chi connectivity index (χ2n) is 1.85. The molecule has 0 saturated heterocycles. The zero-order valence-corrected chi connectivity index (χ0v) is 5.02. The van der Waals surface area contributed by atoms with Crippen molar-refractivity contribution in [3.8, 4) is 0 Å². The van der Waals surface area contributed by atoms with E-state index in [0.717, 1.165) is 0 Å². The van der Waals surface area contributed by atoms with E-state index in [9.17, 15) is 0 Å². The third-order valence-electron chi connectivity index (χ3n) is 1.09. The summed E-state index contributed by atoms with van der Waals surface area (Å²) in [5.41, 5.74) is 4.83. The van der Waals surface area contributed by atoms with Gasteiger partial charge in [0.1, 0.15) is 5.82 Å². The summed E-state index contributed by atoms with van der Waals surface area (Å²) in [5.74, 6) is -2.77. The number of nitrogens with two attached hydrogens (primary N) is 1. The summed E-state index contributed by atoms with van der Waals surface area (Å²) < 4.78 is 60.2. The van der Waals surface area contributed by atoms with Crippen molar-refractivity contribution in [2.45, 2.75) is 18.6 Å². The highest BCUT2D eigenvalue weighted by Gasteiger charge is 2.24. The normalized spacial score (nSPS) is 42.0. The molecule has 0 aromatic carbocycles. The van der Waals surface area contributed by atoms with E-state index in [1.807, 2.05) is 0 Å². The van der Waals surface area contributed by atoms with Gasteiger partial charge in [0, 0.05) is 18.4 Å². The van der Waals surface area contributed by atoms with Gasteiger partial charge in [-0.2, -0.15) is 0 Å². The molecule has 1 aliphatic carbocycles. The van der Waals surface area contributed by atoms with E-state index in [-0.39, 0.29) is 0 Å². The lowest BCUT2D eigenvalue weighted by Gasteiger charge is -1.96. The van der Waals surface area contributed by atoms with Crippen molar-refractivity contribution < 1.29 is 11.0 Å². The predicted molar refractivity (Wildman–Crippen MR) is 40.6 cm³/mol. The van der Waals surface area contributed by atoms with Crippen LogP contribution in [0.1, 0.15) is 35.3 Å². The summed E-state index contributed by atoms with van der Waals surface area (Å²) >= 11 is 0. The number of aromatic nitrogens is 1. The van der Waals surface area contributed by atoms with Gasteiger partial charge in [-0.3, -0.25) is 0 Å². The van der Waals surface area contributed by atoms with Crippen LogP contribution >= 0.6 is 0 Å². The Balaban J connectivity index is 2.70. The van der Waals surface area contributed by atoms with Crippen LogP contribution in [0.3, 0.4) is 0 Å². The number of nitrogens with zero attached hydrogens (tertiary/aromatic N) is 1. The Morgan fingerprint density at radius 3 is 3.30 bits per heavy atom. The summed E-state index contributed by atoms with van der Waals surface area (Å²) in [4.78, 5) is 3.57. The molecular formula is C8H10N2. The van der Waals surface area contributed by atoms with Gasteiger partial charge in [0.2, 0.25) is 0 Å². The van der Waals surface area contributed by atoms with Crippen molar-refractivity contribution in [3.05, 3.63) is 23.8 Å². The fourth-order valence-electron chi connectivity index (χ4n) is 0.599. The van der Waals surface area contributed by atoms with E-state index < -0.39 is 48.3 Å². The monoisotopic (exact) mass is 142 g/mol. The van der Waals surface area contributed by atoms with E-state index in [0.29, 0.717) is 0 Å². The van der Waals surface area contributed by atoms with Crippen molar-refractivity contribution in [2.24, 2.45) is 0 Å². The molecule has 2 rings (SSSR count). The van der Waals surface area contributed by atoms with Gasteiger partial charge < -0.3 is 5.73 Å². The molecule has 2 nitrogen and oxygen atoms in total. The predicted octanol–water partition coefficient (Wildman–Crippen LogP) is 1.54. The quantitative estimate of drug-likeness (QED) is 0.646. The standard InChI is InChI=1S/C8H10N2/c9-8-3-1-2-7(10-8)6-4-5-6/h1-3,6H,4-5H2,(H2,9,10)/i1D,2D,3D,4D2,5D2,6D. The van der Waals surface area contributed by atoms with E-state index >= 15 is 0 Å². The van der Waals surface area contributed by atoms with E-state index in [1.54, 1.807) is 0 Å². The molecule has 0 bridgehead atoms. The zero-order chi connectivity index (χ0) is 14.1. The van der Waals surface area contributed by atoms with Gasteiger partial charge in [-0.25, -0.2) is 4.98 Å². The Labute approximate surface area is 71.3 Å². The molecular weight excluding hydrogens is 124 g/mol. The summed E-state index contributed by atoms with van der Waals surface area (Å²) in [7, 11) is 0. The Morgan fingerprint density at radius 2 is 2.60 bits per heavy atom. The first-order chi connectivity index (χ1) is 8.00. The molecule has 1 aromatic rings. The highest BCUT2D eigenvalue weighted by atomic mass is 14.8. The van der Waals surface area contributed by atoms with Crippen molar-refractivity contribution in [3.63, 3.8) is 0 Å². The lowest BCUT2D eigenvalue weighted by Crippen LogP contribution is -1.92. The first kappa shape index (κ1) is 1.76. The number of anilines is 1. The Morgan fingerprint density at radius 1 is 1.80 bits per heavy atom. The molecule has 0 spiro atoms. The molecule has 1 saturated carbocycles. The molecule has 0 radical (unpaired) electrons. The topological polar surface area (TPSA) is 38.9 Å². The van der Waals surface area contributed by atoms with Crippen LogP contribution in [0.5, 0.6) is 0 Å². The van der Waals surface area contributed by atoms with Crippen molar-refractivity contribution >= 4 is 5.82 Å². The second-order valence-corrected chi connectivity index (χ2v) is 1.85. The first-order valence-corrected chi connectivity index (χ1v) is 2.74. The maximum absolute atomic E-state index is 7.86. The molecule has 2 N–H and O–H groups in total. The second kappa shape index (κ2) is 1.97. The van der Waals surface area contributed by atoms with Gasteiger partial charge in [0.25, 0.3) is 0 Å². The molecule has 52 valence electrons. The number of hydrogen-bond acceptors (Lipinski definition) is 2. The summed E-state index contributed by atoms with van der Waals surface area (Å²) in [6.07, 6.45) is -5.02. The fraction of sp³-hybridized carbons (Fsp3) is 0.375. The van der Waals surface area contributed by atoms with Gasteiger partial charge >= 0.3 is 0 Å². The Bertz CT molecular complexity index is 526. The molecule has 1 heterocycles. The number of pyridine rings is 1. The molecule has 1 aliphatic rings. The van der Waals surface area contributed by atoms with Crippen LogP contribution in [0.2, 0.25) is 0 Å². The highest BCUT2D eigenvalue weighted by molar-refractivity contribution is 5.31. The lowest BCUT2D eigenvalue weighted by molar-refractivity contribution is 1.03. The maximum atomic E-state index is 7.86. The molecule has 1 aromatic heterocycles. The largest absolute Gasteiger partial charge is 0.384 e. The van der Waals surface area contributed by atoms with Gasteiger partial charge in [-0.1, -0.05) is 6.04 Å². The van der Waals surface area contributed by atoms with E-state index in [1.165, 1.54) is 0 Å². The number of nitrogen functional groups attached to an aromatic ring is 1. The molecule has 0 aliphatic heterocycles. The lowest BCUT2D eigenvalue weighted by atomic mass is 10.2. The van der Waals surface area contributed by atoms with Crippen LogP contribution in [-0.2, 0) is 0 Å². The van der Waals surface area contributed by atoms with Crippen molar-refractivity contribution in [2.75, 3.05) is 5.73 Å². The fourth-order valence-corrected chi connectivity index (χ4v) is 0.599. The van der Waals surface area contributed by atoms with Crippen LogP contribution in [-0.4, -0.2) is 4.98 Å². The summed E-state index contributed by atoms with van der Waals surface area (Å²) in [6.45, 7) is 0. The van der Waals surface area contributed by atoms with Crippen LogP contribution in [0.4, 0.5) is 5.82 Å². The maximum Gasteiger partial charge on any atom is 0.123 e. The Hall–Kier alpha value is -1.05. The van der Waals surface area contributed by atoms with Crippen LogP contribution in [0.15, 0.2) is 18.1 Å². The minimum absolute atomic E-state index is 0.406. The zero-order valence-electron chi connectivity index (χ0n) is 13.0. The van der Waals surface area contributed by atoms with Gasteiger partial charge in [-0.15, -0.1) is 0 Å². The SMILES string of the molecule is [2H]c1c(N)nc(C2([2H])C([2H])([2H])C2([2H])[2H])c([2H])c1[2H]. The van der Waals surface area contributed by atoms with Gasteiger partial charge in [-0.05, 0) is 24.8 Å². The minimum Gasteiger partial charge on any atom is -0.384 e. The van der Waals surface area contributed by atoms with Crippen molar-refractivity contribution in [1.29, 1.82) is 0 Å². The smallest absolute Gasteiger partial charge is 0.123 e. The van der Waals surface area contributed by atoms with E-state index in [4.69, 9.17) is 16.7 Å². The van der Waals surface area contributed by atoms with Gasteiger partial charge in [0.15, 0.2) is 0 Å². The molecule has 10 heavy (non-hydrogen) atoms. The van der Waals surface area contributed by atoms with Crippen molar-refractivity contribution in [1.82, 2.24) is 4.98 Å². The average molecular weight is 142 g/mol.